The number of fused-ring (bicyclic) bond motifs is 1. The van der Waals surface area contributed by atoms with E-state index in [9.17, 15) is 8.42 Å². The van der Waals surface area contributed by atoms with E-state index in [-0.39, 0.29) is 5.75 Å². The van der Waals surface area contributed by atoms with Crippen LogP contribution in [0.5, 0.6) is 0 Å². The summed E-state index contributed by atoms with van der Waals surface area (Å²) in [7, 11) is -3.27. The molecular weight excluding hydrogens is 348 g/mol. The van der Waals surface area contributed by atoms with Gasteiger partial charge in [-0.1, -0.05) is 48.5 Å². The van der Waals surface area contributed by atoms with Crippen molar-refractivity contribution >= 4 is 15.7 Å². The first-order valence-corrected chi connectivity index (χ1v) is 10.7. The molecule has 6 heteroatoms. The predicted molar refractivity (Wildman–Crippen MR) is 102 cm³/mol. The molecule has 2 aromatic carbocycles. The summed E-state index contributed by atoms with van der Waals surface area (Å²) in [5.41, 5.74) is 3.27. The van der Waals surface area contributed by atoms with E-state index in [4.69, 9.17) is 4.74 Å². The van der Waals surface area contributed by atoms with E-state index in [0.717, 1.165) is 18.4 Å². The van der Waals surface area contributed by atoms with Crippen LogP contribution >= 0.6 is 0 Å². The van der Waals surface area contributed by atoms with Crippen LogP contribution in [0.2, 0.25) is 0 Å². The minimum atomic E-state index is -3.27. The van der Waals surface area contributed by atoms with Gasteiger partial charge in [0.15, 0.2) is 0 Å². The minimum absolute atomic E-state index is 0.0775. The van der Waals surface area contributed by atoms with Gasteiger partial charge in [-0.2, -0.15) is 0 Å². The maximum atomic E-state index is 12.7. The fraction of sp³-hybridized carbons (Fsp3) is 0.400. The number of nitrogens with zero attached hydrogens (tertiary/aromatic N) is 2. The molecule has 0 saturated carbocycles. The summed E-state index contributed by atoms with van der Waals surface area (Å²) in [4.78, 5) is 2.29. The Labute approximate surface area is 155 Å². The molecule has 0 amide bonds. The second-order valence-electron chi connectivity index (χ2n) is 6.95. The summed E-state index contributed by atoms with van der Waals surface area (Å²) < 4.78 is 32.8. The zero-order valence-corrected chi connectivity index (χ0v) is 15.6. The summed E-state index contributed by atoms with van der Waals surface area (Å²) >= 11 is 0. The molecule has 2 heterocycles. The molecule has 0 aliphatic carbocycles. The first-order chi connectivity index (χ1) is 12.6. The van der Waals surface area contributed by atoms with E-state index < -0.39 is 10.0 Å². The number of anilines is 1. The highest BCUT2D eigenvalue weighted by Gasteiger charge is 2.32. The van der Waals surface area contributed by atoms with Crippen molar-refractivity contribution in [1.29, 1.82) is 0 Å². The van der Waals surface area contributed by atoms with E-state index >= 15 is 0 Å². The molecule has 2 aliphatic heterocycles. The van der Waals surface area contributed by atoms with Gasteiger partial charge in [0.2, 0.25) is 10.0 Å². The van der Waals surface area contributed by atoms with Crippen molar-refractivity contribution in [1.82, 2.24) is 4.31 Å². The first-order valence-electron chi connectivity index (χ1n) is 9.07. The van der Waals surface area contributed by atoms with Crippen LogP contribution < -0.4 is 4.90 Å². The van der Waals surface area contributed by atoms with Gasteiger partial charge in [-0.15, -0.1) is 0 Å². The maximum Gasteiger partial charge on any atom is 0.218 e. The average Bonchev–Trinajstić information content (AvgIpc) is 2.68. The zero-order chi connectivity index (χ0) is 18.0. The Hall–Kier alpha value is -1.89. The zero-order valence-electron chi connectivity index (χ0n) is 14.8. The van der Waals surface area contributed by atoms with Gasteiger partial charge in [0.25, 0.3) is 0 Å². The molecule has 0 N–H and O–H groups in total. The Balaban J connectivity index is 1.42. The number of ether oxygens (including phenoxy) is 1. The SMILES string of the molecule is O=S(=O)(Cc1ccccc1)N1CCC(N2COCc3ccccc32)CC1. The van der Waals surface area contributed by atoms with Crippen LogP contribution in [-0.4, -0.2) is 38.6 Å². The minimum Gasteiger partial charge on any atom is -0.356 e. The lowest BCUT2D eigenvalue weighted by molar-refractivity contribution is 0.0988. The number of sulfonamides is 1. The average molecular weight is 372 g/mol. The van der Waals surface area contributed by atoms with Crippen molar-refractivity contribution in [2.45, 2.75) is 31.2 Å². The molecule has 0 unspecified atom stereocenters. The molecule has 138 valence electrons. The maximum absolute atomic E-state index is 12.7. The van der Waals surface area contributed by atoms with Gasteiger partial charge in [-0.25, -0.2) is 12.7 Å². The first kappa shape index (κ1) is 17.5. The van der Waals surface area contributed by atoms with Crippen LogP contribution in [0.3, 0.4) is 0 Å². The lowest BCUT2D eigenvalue weighted by Gasteiger charge is -2.41. The van der Waals surface area contributed by atoms with Crippen LogP contribution in [0.1, 0.15) is 24.0 Å². The van der Waals surface area contributed by atoms with Crippen molar-refractivity contribution in [3.8, 4) is 0 Å². The van der Waals surface area contributed by atoms with Gasteiger partial charge < -0.3 is 9.64 Å². The molecule has 26 heavy (non-hydrogen) atoms. The van der Waals surface area contributed by atoms with E-state index in [0.29, 0.717) is 32.5 Å². The molecule has 0 bridgehead atoms. The van der Waals surface area contributed by atoms with Crippen molar-refractivity contribution in [3.63, 3.8) is 0 Å². The molecule has 0 radical (unpaired) electrons. The molecule has 0 spiro atoms. The predicted octanol–water partition coefficient (Wildman–Crippen LogP) is 2.98. The molecule has 2 aromatic rings. The lowest BCUT2D eigenvalue weighted by Crippen LogP contribution is -2.48. The van der Waals surface area contributed by atoms with E-state index in [2.05, 4.69) is 23.1 Å². The number of para-hydroxylation sites is 1. The van der Waals surface area contributed by atoms with Crippen molar-refractivity contribution in [2.24, 2.45) is 0 Å². The third-order valence-electron chi connectivity index (χ3n) is 5.24. The number of hydrogen-bond donors (Lipinski definition) is 0. The molecule has 0 atom stereocenters. The van der Waals surface area contributed by atoms with Crippen molar-refractivity contribution in [2.75, 3.05) is 24.7 Å². The van der Waals surface area contributed by atoms with Crippen LogP contribution in [0.4, 0.5) is 5.69 Å². The Kier molecular flexibility index (Phi) is 4.98. The fourth-order valence-corrected chi connectivity index (χ4v) is 5.41. The monoisotopic (exact) mass is 372 g/mol. The third kappa shape index (κ3) is 3.63. The topological polar surface area (TPSA) is 49.9 Å². The molecule has 1 saturated heterocycles. The van der Waals surface area contributed by atoms with E-state index in [1.165, 1.54) is 11.3 Å². The van der Waals surface area contributed by atoms with Crippen molar-refractivity contribution in [3.05, 3.63) is 65.7 Å². The number of benzene rings is 2. The molecule has 0 aromatic heterocycles. The van der Waals surface area contributed by atoms with Crippen LogP contribution in [0.15, 0.2) is 54.6 Å². The van der Waals surface area contributed by atoms with Crippen LogP contribution in [0, 0.1) is 0 Å². The Bertz CT molecular complexity index is 846. The molecule has 1 fully saturated rings. The molecule has 2 aliphatic rings. The number of hydrogen-bond acceptors (Lipinski definition) is 4. The van der Waals surface area contributed by atoms with Gasteiger partial charge in [-0.05, 0) is 24.5 Å². The van der Waals surface area contributed by atoms with Crippen molar-refractivity contribution < 1.29 is 13.2 Å². The van der Waals surface area contributed by atoms with Crippen LogP contribution in [-0.2, 0) is 27.1 Å². The standard InChI is InChI=1S/C20H24N2O3S/c23-26(24,15-17-6-2-1-3-7-17)21-12-10-19(11-13-21)22-16-25-14-18-8-4-5-9-20(18)22/h1-9,19H,10-16H2. The van der Waals surface area contributed by atoms with Gasteiger partial charge in [0.05, 0.1) is 12.4 Å². The largest absolute Gasteiger partial charge is 0.356 e. The quantitative estimate of drug-likeness (QED) is 0.828. The Morgan fingerprint density at radius 1 is 0.962 bits per heavy atom. The molecule has 4 rings (SSSR count). The second kappa shape index (κ2) is 7.39. The normalized spacial score (nSPS) is 19.3. The summed E-state index contributed by atoms with van der Waals surface area (Å²) in [5.74, 6) is 0.0775. The van der Waals surface area contributed by atoms with Gasteiger partial charge in [-0.3, -0.25) is 0 Å². The van der Waals surface area contributed by atoms with E-state index in [1.807, 2.05) is 36.4 Å². The number of piperidine rings is 1. The smallest absolute Gasteiger partial charge is 0.218 e. The van der Waals surface area contributed by atoms with Crippen LogP contribution in [0.25, 0.3) is 0 Å². The van der Waals surface area contributed by atoms with Gasteiger partial charge >= 0.3 is 0 Å². The highest BCUT2D eigenvalue weighted by Crippen LogP contribution is 2.31. The Morgan fingerprint density at radius 2 is 1.65 bits per heavy atom. The van der Waals surface area contributed by atoms with E-state index in [1.54, 1.807) is 4.31 Å². The second-order valence-corrected chi connectivity index (χ2v) is 8.92. The summed E-state index contributed by atoms with van der Waals surface area (Å²) in [5, 5.41) is 0. The van der Waals surface area contributed by atoms with Gasteiger partial charge in [0, 0.05) is 30.4 Å². The van der Waals surface area contributed by atoms with Gasteiger partial charge in [0.1, 0.15) is 6.73 Å². The molecule has 5 nitrogen and oxygen atoms in total. The summed E-state index contributed by atoms with van der Waals surface area (Å²) in [6.45, 7) is 2.37. The summed E-state index contributed by atoms with van der Waals surface area (Å²) in [6.07, 6.45) is 1.65. The molecular formula is C20H24N2O3S. The third-order valence-corrected chi connectivity index (χ3v) is 7.09. The highest BCUT2D eigenvalue weighted by molar-refractivity contribution is 7.88. The Morgan fingerprint density at radius 3 is 2.42 bits per heavy atom. The highest BCUT2D eigenvalue weighted by atomic mass is 32.2. The lowest BCUT2D eigenvalue weighted by atomic mass is 10.0. The fourth-order valence-electron chi connectivity index (χ4n) is 3.85. The summed E-state index contributed by atoms with van der Waals surface area (Å²) in [6, 6.07) is 18.0. The number of rotatable bonds is 4.